The number of carbonyl (C=O) groups excluding carboxylic acids is 3. The largest absolute Gasteiger partial charge is 0.479 e. The van der Waals surface area contributed by atoms with Crippen molar-refractivity contribution >= 4 is 35.6 Å². The molecular formula is C16H17N3O5S. The van der Waals surface area contributed by atoms with E-state index in [0.29, 0.717) is 23.5 Å². The van der Waals surface area contributed by atoms with Crippen LogP contribution in [-0.2, 0) is 15.1 Å². The van der Waals surface area contributed by atoms with Crippen molar-refractivity contribution in [2.24, 2.45) is 0 Å². The molecule has 132 valence electrons. The van der Waals surface area contributed by atoms with Crippen LogP contribution in [0.4, 0.5) is 4.79 Å². The summed E-state index contributed by atoms with van der Waals surface area (Å²) < 4.78 is 0. The number of hydrogen-bond donors (Lipinski definition) is 4. The molecule has 0 aromatic heterocycles. The molecule has 0 radical (unpaired) electrons. The molecular weight excluding hydrogens is 346 g/mol. The predicted octanol–water partition coefficient (Wildman–Crippen LogP) is 0.431. The third-order valence-electron chi connectivity index (χ3n) is 4.53. The van der Waals surface area contributed by atoms with Gasteiger partial charge in [0.05, 0.1) is 0 Å². The van der Waals surface area contributed by atoms with E-state index in [0.717, 1.165) is 0 Å². The number of urea groups is 1. The fourth-order valence-electron chi connectivity index (χ4n) is 2.89. The Morgan fingerprint density at radius 2 is 2.08 bits per heavy atom. The van der Waals surface area contributed by atoms with Crippen LogP contribution in [0.15, 0.2) is 24.3 Å². The Labute approximate surface area is 147 Å². The van der Waals surface area contributed by atoms with Crippen LogP contribution in [0.2, 0.25) is 0 Å². The van der Waals surface area contributed by atoms with Crippen LogP contribution in [0, 0.1) is 0 Å². The van der Waals surface area contributed by atoms with Crippen LogP contribution in [0.3, 0.4) is 0 Å². The molecule has 4 N–H and O–H groups in total. The minimum absolute atomic E-state index is 0.227. The Hall–Kier alpha value is -2.55. The number of carboxylic acid groups (broad SMARTS) is 1. The number of thioether (sulfide) groups is 1. The van der Waals surface area contributed by atoms with Crippen molar-refractivity contribution in [1.29, 1.82) is 0 Å². The Morgan fingerprint density at radius 1 is 1.32 bits per heavy atom. The van der Waals surface area contributed by atoms with Crippen LogP contribution < -0.4 is 16.0 Å². The van der Waals surface area contributed by atoms with Gasteiger partial charge in [0.15, 0.2) is 0 Å². The van der Waals surface area contributed by atoms with Crippen LogP contribution in [-0.4, -0.2) is 46.0 Å². The second kappa shape index (κ2) is 6.07. The van der Waals surface area contributed by atoms with Crippen LogP contribution in [0.25, 0.3) is 0 Å². The molecule has 2 saturated heterocycles. The van der Waals surface area contributed by atoms with Gasteiger partial charge in [-0.2, -0.15) is 11.8 Å². The maximum absolute atomic E-state index is 12.6. The zero-order valence-corrected chi connectivity index (χ0v) is 14.2. The summed E-state index contributed by atoms with van der Waals surface area (Å²) in [5, 5.41) is 16.8. The van der Waals surface area contributed by atoms with Crippen molar-refractivity contribution in [2.75, 3.05) is 11.5 Å². The van der Waals surface area contributed by atoms with Gasteiger partial charge < -0.3 is 15.7 Å². The number of nitrogens with one attached hydrogen (secondary N) is 3. The highest BCUT2D eigenvalue weighted by atomic mass is 32.2. The fourth-order valence-corrected chi connectivity index (χ4v) is 4.22. The van der Waals surface area contributed by atoms with Crippen molar-refractivity contribution in [3.63, 3.8) is 0 Å². The fraction of sp³-hybridized carbons (Fsp3) is 0.375. The Kier molecular flexibility index (Phi) is 4.19. The van der Waals surface area contributed by atoms with Gasteiger partial charge in [-0.3, -0.25) is 14.9 Å². The molecule has 4 amide bonds. The summed E-state index contributed by atoms with van der Waals surface area (Å²) in [6.45, 7) is 1.54. The first-order valence-corrected chi connectivity index (χ1v) is 8.80. The van der Waals surface area contributed by atoms with Gasteiger partial charge >= 0.3 is 12.0 Å². The SMILES string of the molecule is CC1(c2cccc(C(=O)NC3(C(=O)O)CCSC3)c2)NC(=O)NC1=O. The average molecular weight is 363 g/mol. The second-order valence-corrected chi connectivity index (χ2v) is 7.36. The Morgan fingerprint density at radius 3 is 2.64 bits per heavy atom. The van der Waals surface area contributed by atoms with Crippen molar-refractivity contribution in [3.8, 4) is 0 Å². The molecule has 2 heterocycles. The maximum atomic E-state index is 12.6. The van der Waals surface area contributed by atoms with Crippen molar-refractivity contribution in [1.82, 2.24) is 16.0 Å². The smallest absolute Gasteiger partial charge is 0.330 e. The molecule has 1 aromatic carbocycles. The lowest BCUT2D eigenvalue weighted by Gasteiger charge is -2.25. The van der Waals surface area contributed by atoms with E-state index >= 15 is 0 Å². The standard InChI is InChI=1S/C16H17N3O5S/c1-15(12(21)17-14(24)19-15)10-4-2-3-9(7-10)11(20)18-16(13(22)23)5-6-25-8-16/h2-4,7H,5-6,8H2,1H3,(H,18,20)(H,22,23)(H2,17,19,21,24). The van der Waals surface area contributed by atoms with E-state index in [2.05, 4.69) is 16.0 Å². The lowest BCUT2D eigenvalue weighted by atomic mass is 9.90. The zero-order chi connectivity index (χ0) is 18.2. The molecule has 2 aliphatic heterocycles. The quantitative estimate of drug-likeness (QED) is 0.575. The molecule has 2 fully saturated rings. The van der Waals surface area contributed by atoms with E-state index in [1.165, 1.54) is 30.8 Å². The molecule has 8 nitrogen and oxygen atoms in total. The van der Waals surface area contributed by atoms with Crippen molar-refractivity contribution in [3.05, 3.63) is 35.4 Å². The molecule has 2 aliphatic rings. The first-order valence-electron chi connectivity index (χ1n) is 7.65. The first-order chi connectivity index (χ1) is 11.8. The van der Waals surface area contributed by atoms with Crippen LogP contribution in [0.1, 0.15) is 29.3 Å². The van der Waals surface area contributed by atoms with Crippen LogP contribution >= 0.6 is 11.8 Å². The number of amides is 4. The molecule has 2 atom stereocenters. The number of carboxylic acids is 1. The molecule has 2 unspecified atom stereocenters. The van der Waals surface area contributed by atoms with Crippen molar-refractivity contribution < 1.29 is 24.3 Å². The third-order valence-corrected chi connectivity index (χ3v) is 5.72. The van der Waals surface area contributed by atoms with Gasteiger partial charge in [0.1, 0.15) is 11.1 Å². The number of rotatable bonds is 4. The van der Waals surface area contributed by atoms with Gasteiger partial charge in [0, 0.05) is 11.3 Å². The molecule has 0 bridgehead atoms. The number of carbonyl (C=O) groups is 4. The summed E-state index contributed by atoms with van der Waals surface area (Å²) >= 11 is 1.47. The Balaban J connectivity index is 1.87. The topological polar surface area (TPSA) is 125 Å². The van der Waals surface area contributed by atoms with E-state index in [1.54, 1.807) is 12.1 Å². The van der Waals surface area contributed by atoms with Gasteiger partial charge in [-0.15, -0.1) is 0 Å². The number of aliphatic carboxylic acids is 1. The van der Waals surface area contributed by atoms with E-state index < -0.39 is 34.9 Å². The Bertz CT molecular complexity index is 775. The summed E-state index contributed by atoms with van der Waals surface area (Å²) in [4.78, 5) is 47.6. The summed E-state index contributed by atoms with van der Waals surface area (Å²) in [5.41, 5.74) is -1.89. The second-order valence-electron chi connectivity index (χ2n) is 6.26. The average Bonchev–Trinajstić information content (AvgIpc) is 3.14. The number of benzene rings is 1. The van der Waals surface area contributed by atoms with E-state index in [9.17, 15) is 24.3 Å². The van der Waals surface area contributed by atoms with E-state index in [-0.39, 0.29) is 5.56 Å². The van der Waals surface area contributed by atoms with E-state index in [1.807, 2.05) is 0 Å². The summed E-state index contributed by atoms with van der Waals surface area (Å²) in [7, 11) is 0. The minimum atomic E-state index is -1.28. The zero-order valence-electron chi connectivity index (χ0n) is 13.4. The predicted molar refractivity (Wildman–Crippen MR) is 90.2 cm³/mol. The molecule has 0 aliphatic carbocycles. The molecule has 1 aromatic rings. The van der Waals surface area contributed by atoms with Gasteiger partial charge in [0.25, 0.3) is 11.8 Å². The lowest BCUT2D eigenvalue weighted by Crippen LogP contribution is -2.54. The van der Waals surface area contributed by atoms with Gasteiger partial charge in [-0.1, -0.05) is 12.1 Å². The lowest BCUT2D eigenvalue weighted by molar-refractivity contribution is -0.143. The van der Waals surface area contributed by atoms with Gasteiger partial charge in [-0.05, 0) is 36.8 Å². The van der Waals surface area contributed by atoms with Crippen molar-refractivity contribution in [2.45, 2.75) is 24.4 Å². The third kappa shape index (κ3) is 2.95. The highest BCUT2D eigenvalue weighted by Gasteiger charge is 2.45. The highest BCUT2D eigenvalue weighted by Crippen LogP contribution is 2.29. The molecule has 9 heteroatoms. The van der Waals surface area contributed by atoms with Gasteiger partial charge in [-0.25, -0.2) is 9.59 Å². The normalized spacial score (nSPS) is 28.4. The number of imide groups is 1. The molecule has 25 heavy (non-hydrogen) atoms. The summed E-state index contributed by atoms with van der Waals surface area (Å²) in [6.07, 6.45) is 0.356. The van der Waals surface area contributed by atoms with Gasteiger partial charge in [0.2, 0.25) is 0 Å². The summed E-state index contributed by atoms with van der Waals surface area (Å²) in [6, 6.07) is 5.63. The molecule has 0 spiro atoms. The molecule has 0 saturated carbocycles. The molecule has 3 rings (SSSR count). The highest BCUT2D eigenvalue weighted by molar-refractivity contribution is 7.99. The summed E-state index contributed by atoms with van der Waals surface area (Å²) in [5.74, 6) is -1.12. The number of hydrogen-bond acceptors (Lipinski definition) is 5. The monoisotopic (exact) mass is 363 g/mol. The first kappa shape index (κ1) is 17.3. The minimum Gasteiger partial charge on any atom is -0.479 e. The van der Waals surface area contributed by atoms with E-state index in [4.69, 9.17) is 0 Å². The van der Waals surface area contributed by atoms with Crippen LogP contribution in [0.5, 0.6) is 0 Å². The maximum Gasteiger partial charge on any atom is 0.330 e.